The van der Waals surface area contributed by atoms with Crippen LogP contribution in [0.1, 0.15) is 39.5 Å². The Morgan fingerprint density at radius 2 is 1.90 bits per heavy atom. The van der Waals surface area contributed by atoms with Gasteiger partial charge in [-0.1, -0.05) is 5.16 Å². The maximum atomic E-state index is 5.11. The van der Waals surface area contributed by atoms with E-state index in [9.17, 15) is 0 Å². The Bertz CT molecular complexity index is 121. The second-order valence-electron chi connectivity index (χ2n) is 3.02. The van der Waals surface area contributed by atoms with Crippen LogP contribution in [0.5, 0.6) is 0 Å². The van der Waals surface area contributed by atoms with Crippen LogP contribution in [0.4, 0.5) is 0 Å². The molecule has 0 unspecified atom stereocenters. The molecule has 0 N–H and O–H groups in total. The van der Waals surface area contributed by atoms with Gasteiger partial charge in [0, 0.05) is 0 Å². The van der Waals surface area contributed by atoms with Crippen LogP contribution in [-0.4, -0.2) is 11.8 Å². The van der Waals surface area contributed by atoms with E-state index in [1.165, 1.54) is 18.6 Å². The first-order chi connectivity index (χ1) is 4.79. The molecular weight excluding hydrogens is 126 g/mol. The molecule has 1 aliphatic rings. The van der Waals surface area contributed by atoms with Gasteiger partial charge in [-0.2, -0.15) is 0 Å². The molecule has 0 aromatic carbocycles. The minimum atomic E-state index is 0.230. The topological polar surface area (TPSA) is 21.6 Å². The Morgan fingerprint density at radius 3 is 2.40 bits per heavy atom. The molecular formula is C8H15NO. The highest BCUT2D eigenvalue weighted by Crippen LogP contribution is 2.14. The van der Waals surface area contributed by atoms with E-state index < -0.39 is 0 Å². The molecule has 0 aromatic rings. The molecule has 0 amide bonds. The van der Waals surface area contributed by atoms with Gasteiger partial charge >= 0.3 is 0 Å². The lowest BCUT2D eigenvalue weighted by atomic mass is 10.3. The Morgan fingerprint density at radius 1 is 1.30 bits per heavy atom. The first-order valence-corrected chi connectivity index (χ1v) is 4.00. The molecule has 58 valence electrons. The fraction of sp³-hybridized carbons (Fsp3) is 0.875. The fourth-order valence-corrected chi connectivity index (χ4v) is 1.05. The third-order valence-corrected chi connectivity index (χ3v) is 1.57. The van der Waals surface area contributed by atoms with Crippen LogP contribution in [0.25, 0.3) is 0 Å². The van der Waals surface area contributed by atoms with Gasteiger partial charge in [0.25, 0.3) is 0 Å². The van der Waals surface area contributed by atoms with Crippen LogP contribution >= 0.6 is 0 Å². The van der Waals surface area contributed by atoms with E-state index in [-0.39, 0.29) is 6.10 Å². The summed E-state index contributed by atoms with van der Waals surface area (Å²) in [6.45, 7) is 4.00. The number of oxime groups is 1. The molecule has 2 nitrogen and oxygen atoms in total. The summed E-state index contributed by atoms with van der Waals surface area (Å²) in [5, 5.41) is 4.04. The van der Waals surface area contributed by atoms with Crippen molar-refractivity contribution in [2.24, 2.45) is 5.16 Å². The van der Waals surface area contributed by atoms with Crippen molar-refractivity contribution in [3.05, 3.63) is 0 Å². The summed E-state index contributed by atoms with van der Waals surface area (Å²) in [7, 11) is 0. The number of rotatable bonds is 2. The lowest BCUT2D eigenvalue weighted by Gasteiger charge is -2.02. The molecule has 0 aromatic heterocycles. The average molecular weight is 141 g/mol. The molecule has 0 bridgehead atoms. The first kappa shape index (κ1) is 7.58. The van der Waals surface area contributed by atoms with Gasteiger partial charge in [0.1, 0.15) is 6.10 Å². The highest BCUT2D eigenvalue weighted by Gasteiger charge is 2.08. The molecule has 1 rings (SSSR count). The third-order valence-electron chi connectivity index (χ3n) is 1.57. The maximum absolute atomic E-state index is 5.11. The second kappa shape index (κ2) is 3.59. The Balaban J connectivity index is 2.25. The Labute approximate surface area is 62.3 Å². The van der Waals surface area contributed by atoms with E-state index in [0.29, 0.717) is 0 Å². The zero-order chi connectivity index (χ0) is 7.40. The van der Waals surface area contributed by atoms with Gasteiger partial charge in [-0.25, -0.2) is 0 Å². The third kappa shape index (κ3) is 2.38. The Kier molecular flexibility index (Phi) is 2.72. The van der Waals surface area contributed by atoms with E-state index >= 15 is 0 Å². The van der Waals surface area contributed by atoms with E-state index in [1.807, 2.05) is 13.8 Å². The SMILES string of the molecule is CC(C)ON=C1CCCC1. The van der Waals surface area contributed by atoms with Crippen molar-refractivity contribution in [2.75, 3.05) is 0 Å². The fourth-order valence-electron chi connectivity index (χ4n) is 1.05. The van der Waals surface area contributed by atoms with Crippen LogP contribution in [0.3, 0.4) is 0 Å². The van der Waals surface area contributed by atoms with Gasteiger partial charge in [0.2, 0.25) is 0 Å². The van der Waals surface area contributed by atoms with Gasteiger partial charge in [-0.05, 0) is 39.5 Å². The minimum absolute atomic E-state index is 0.230. The number of hydrogen-bond acceptors (Lipinski definition) is 2. The molecule has 1 aliphatic carbocycles. The summed E-state index contributed by atoms with van der Waals surface area (Å²) in [4.78, 5) is 5.11. The maximum Gasteiger partial charge on any atom is 0.122 e. The predicted molar refractivity (Wildman–Crippen MR) is 42.1 cm³/mol. The molecule has 0 saturated heterocycles. The van der Waals surface area contributed by atoms with Gasteiger partial charge in [0.15, 0.2) is 0 Å². The van der Waals surface area contributed by atoms with Crippen LogP contribution in [0.15, 0.2) is 5.16 Å². The van der Waals surface area contributed by atoms with E-state index in [2.05, 4.69) is 5.16 Å². The monoisotopic (exact) mass is 141 g/mol. The molecule has 0 atom stereocenters. The highest BCUT2D eigenvalue weighted by atomic mass is 16.6. The normalized spacial score (nSPS) is 18.1. The van der Waals surface area contributed by atoms with E-state index in [4.69, 9.17) is 4.84 Å². The molecule has 1 saturated carbocycles. The summed E-state index contributed by atoms with van der Waals surface area (Å²) < 4.78 is 0. The molecule has 0 radical (unpaired) electrons. The smallest absolute Gasteiger partial charge is 0.122 e. The van der Waals surface area contributed by atoms with Crippen LogP contribution < -0.4 is 0 Å². The largest absolute Gasteiger partial charge is 0.393 e. The second-order valence-corrected chi connectivity index (χ2v) is 3.02. The number of nitrogens with zero attached hydrogens (tertiary/aromatic N) is 1. The van der Waals surface area contributed by atoms with Gasteiger partial charge in [-0.3, -0.25) is 0 Å². The van der Waals surface area contributed by atoms with Crippen molar-refractivity contribution in [1.29, 1.82) is 0 Å². The summed E-state index contributed by atoms with van der Waals surface area (Å²) in [5.74, 6) is 0. The van der Waals surface area contributed by atoms with E-state index in [1.54, 1.807) is 0 Å². The van der Waals surface area contributed by atoms with Crippen molar-refractivity contribution in [3.8, 4) is 0 Å². The molecule has 10 heavy (non-hydrogen) atoms. The first-order valence-electron chi connectivity index (χ1n) is 4.00. The van der Waals surface area contributed by atoms with Crippen molar-refractivity contribution in [2.45, 2.75) is 45.6 Å². The van der Waals surface area contributed by atoms with Crippen molar-refractivity contribution in [1.82, 2.24) is 0 Å². The average Bonchev–Trinajstić information content (AvgIpc) is 2.34. The van der Waals surface area contributed by atoms with Crippen molar-refractivity contribution >= 4 is 5.71 Å². The lowest BCUT2D eigenvalue weighted by molar-refractivity contribution is 0.0853. The molecule has 0 spiro atoms. The van der Waals surface area contributed by atoms with E-state index in [0.717, 1.165) is 12.8 Å². The predicted octanol–water partition coefficient (Wildman–Crippen LogP) is 2.34. The van der Waals surface area contributed by atoms with Crippen molar-refractivity contribution in [3.63, 3.8) is 0 Å². The molecule has 2 heteroatoms. The molecule has 0 heterocycles. The minimum Gasteiger partial charge on any atom is -0.393 e. The summed E-state index contributed by atoms with van der Waals surface area (Å²) in [6, 6.07) is 0. The Hall–Kier alpha value is -0.530. The van der Waals surface area contributed by atoms with Gasteiger partial charge < -0.3 is 4.84 Å². The molecule has 0 aliphatic heterocycles. The number of hydrogen-bond donors (Lipinski definition) is 0. The zero-order valence-electron chi connectivity index (χ0n) is 6.76. The highest BCUT2D eigenvalue weighted by molar-refractivity contribution is 5.85. The summed E-state index contributed by atoms with van der Waals surface area (Å²) >= 11 is 0. The molecule has 1 fully saturated rings. The van der Waals surface area contributed by atoms with Crippen LogP contribution in [0, 0.1) is 0 Å². The van der Waals surface area contributed by atoms with Crippen molar-refractivity contribution < 1.29 is 4.84 Å². The van der Waals surface area contributed by atoms with Gasteiger partial charge in [-0.15, -0.1) is 0 Å². The standard InChI is InChI=1S/C8H15NO/c1-7(2)10-9-8-5-3-4-6-8/h7H,3-6H2,1-2H3. The zero-order valence-corrected chi connectivity index (χ0v) is 6.76. The van der Waals surface area contributed by atoms with Crippen LogP contribution in [0.2, 0.25) is 0 Å². The lowest BCUT2D eigenvalue weighted by Crippen LogP contribution is -1.99. The van der Waals surface area contributed by atoms with Crippen LogP contribution in [-0.2, 0) is 4.84 Å². The summed E-state index contributed by atoms with van der Waals surface area (Å²) in [5.41, 5.74) is 1.24. The summed E-state index contributed by atoms with van der Waals surface area (Å²) in [6.07, 6.45) is 5.10. The van der Waals surface area contributed by atoms with Gasteiger partial charge in [0.05, 0.1) is 5.71 Å². The quantitative estimate of drug-likeness (QED) is 0.541.